The summed E-state index contributed by atoms with van der Waals surface area (Å²) in [6.45, 7) is 3.83. The maximum Gasteiger partial charge on any atom is 0.240 e. The van der Waals surface area contributed by atoms with Crippen molar-refractivity contribution in [2.45, 2.75) is 32.7 Å². The molecule has 2 fully saturated rings. The number of imide groups is 1. The van der Waals surface area contributed by atoms with Gasteiger partial charge in [-0.1, -0.05) is 43.3 Å². The molecule has 0 radical (unpaired) electrons. The van der Waals surface area contributed by atoms with Crippen molar-refractivity contribution in [3.8, 4) is 0 Å². The fourth-order valence-electron chi connectivity index (χ4n) is 4.68. The van der Waals surface area contributed by atoms with Crippen LogP contribution in [0, 0.1) is 23.7 Å². The van der Waals surface area contributed by atoms with E-state index >= 15 is 0 Å². The van der Waals surface area contributed by atoms with Gasteiger partial charge in [-0.2, -0.15) is 0 Å². The van der Waals surface area contributed by atoms with Crippen molar-refractivity contribution in [2.75, 3.05) is 6.54 Å². The zero-order valence-electron chi connectivity index (χ0n) is 15.1. The molecule has 1 heterocycles. The van der Waals surface area contributed by atoms with Crippen molar-refractivity contribution in [2.24, 2.45) is 23.7 Å². The SMILES string of the molecule is CCc1ccc(C(C)NC(=O)CN2C(=O)C3C4C=CC(C4)C3C2=O)cc1. The summed E-state index contributed by atoms with van der Waals surface area (Å²) in [5.74, 6) is -0.789. The second kappa shape index (κ2) is 6.38. The second-order valence-electron chi connectivity index (χ2n) is 7.65. The summed E-state index contributed by atoms with van der Waals surface area (Å²) in [4.78, 5) is 38.9. The van der Waals surface area contributed by atoms with Crippen molar-refractivity contribution in [3.63, 3.8) is 0 Å². The molecular formula is C21H24N2O3. The average molecular weight is 352 g/mol. The van der Waals surface area contributed by atoms with E-state index in [1.807, 2.05) is 19.1 Å². The Bertz CT molecular complexity index is 753. The van der Waals surface area contributed by atoms with Crippen LogP contribution in [0.4, 0.5) is 0 Å². The van der Waals surface area contributed by atoms with Gasteiger partial charge >= 0.3 is 0 Å². The van der Waals surface area contributed by atoms with Gasteiger partial charge in [-0.3, -0.25) is 19.3 Å². The van der Waals surface area contributed by atoms with Crippen LogP contribution in [0.1, 0.15) is 37.4 Å². The third kappa shape index (κ3) is 2.66. The number of aryl methyl sites for hydroxylation is 1. The lowest BCUT2D eigenvalue weighted by Gasteiger charge is -2.19. The lowest BCUT2D eigenvalue weighted by Crippen LogP contribution is -2.42. The number of carbonyl (C=O) groups is 3. The highest BCUT2D eigenvalue weighted by molar-refractivity contribution is 6.08. The molecule has 0 aromatic heterocycles. The van der Waals surface area contributed by atoms with Gasteiger partial charge in [0.05, 0.1) is 17.9 Å². The van der Waals surface area contributed by atoms with E-state index in [-0.39, 0.29) is 54.0 Å². The van der Waals surface area contributed by atoms with Crippen LogP contribution in [-0.2, 0) is 20.8 Å². The Morgan fingerprint density at radius 3 is 2.23 bits per heavy atom. The van der Waals surface area contributed by atoms with Crippen LogP contribution >= 0.6 is 0 Å². The molecule has 1 saturated heterocycles. The van der Waals surface area contributed by atoms with Crippen molar-refractivity contribution in [1.29, 1.82) is 0 Å². The normalized spacial score (nSPS) is 30.0. The first-order valence-corrected chi connectivity index (χ1v) is 9.41. The monoisotopic (exact) mass is 352 g/mol. The van der Waals surface area contributed by atoms with Gasteiger partial charge in [-0.05, 0) is 42.7 Å². The van der Waals surface area contributed by atoms with E-state index in [2.05, 4.69) is 36.5 Å². The Morgan fingerprint density at radius 2 is 1.69 bits per heavy atom. The highest BCUT2D eigenvalue weighted by atomic mass is 16.2. The van der Waals surface area contributed by atoms with Crippen LogP contribution in [0.2, 0.25) is 0 Å². The van der Waals surface area contributed by atoms with Crippen LogP contribution in [0.5, 0.6) is 0 Å². The number of nitrogens with one attached hydrogen (secondary N) is 1. The maximum atomic E-state index is 12.6. The van der Waals surface area contributed by atoms with E-state index in [0.717, 1.165) is 18.4 Å². The third-order valence-corrected chi connectivity index (χ3v) is 6.13. The van der Waals surface area contributed by atoms with E-state index in [4.69, 9.17) is 0 Å². The Labute approximate surface area is 153 Å². The van der Waals surface area contributed by atoms with Gasteiger partial charge < -0.3 is 5.32 Å². The molecule has 136 valence electrons. The van der Waals surface area contributed by atoms with Gasteiger partial charge in [-0.25, -0.2) is 0 Å². The van der Waals surface area contributed by atoms with Crippen molar-refractivity contribution < 1.29 is 14.4 Å². The summed E-state index contributed by atoms with van der Waals surface area (Å²) in [5.41, 5.74) is 2.25. The number of amides is 3. The minimum atomic E-state index is -0.293. The molecule has 26 heavy (non-hydrogen) atoms. The first-order chi connectivity index (χ1) is 12.5. The third-order valence-electron chi connectivity index (χ3n) is 6.13. The van der Waals surface area contributed by atoms with E-state index in [0.29, 0.717) is 0 Å². The number of hydrogen-bond donors (Lipinski definition) is 1. The molecule has 1 N–H and O–H groups in total. The Hall–Kier alpha value is -2.43. The number of hydrogen-bond acceptors (Lipinski definition) is 3. The highest BCUT2D eigenvalue weighted by Crippen LogP contribution is 2.52. The van der Waals surface area contributed by atoms with E-state index in [1.54, 1.807) is 0 Å². The molecule has 2 aliphatic carbocycles. The van der Waals surface area contributed by atoms with Gasteiger partial charge in [0.1, 0.15) is 6.54 Å². The predicted molar refractivity (Wildman–Crippen MR) is 96.8 cm³/mol. The van der Waals surface area contributed by atoms with Crippen molar-refractivity contribution in [3.05, 3.63) is 47.5 Å². The molecule has 1 aromatic carbocycles. The molecule has 2 bridgehead atoms. The van der Waals surface area contributed by atoms with Gasteiger partial charge in [0.2, 0.25) is 17.7 Å². The molecule has 5 atom stereocenters. The summed E-state index contributed by atoms with van der Waals surface area (Å²) in [5, 5.41) is 2.90. The van der Waals surface area contributed by atoms with Crippen LogP contribution < -0.4 is 5.32 Å². The van der Waals surface area contributed by atoms with E-state index < -0.39 is 0 Å². The predicted octanol–water partition coefficient (Wildman–Crippen LogP) is 2.23. The fraction of sp³-hybridized carbons (Fsp3) is 0.476. The molecule has 5 nitrogen and oxygen atoms in total. The summed E-state index contributed by atoms with van der Waals surface area (Å²) in [7, 11) is 0. The van der Waals surface area contributed by atoms with Crippen molar-refractivity contribution >= 4 is 17.7 Å². The molecule has 0 spiro atoms. The topological polar surface area (TPSA) is 66.5 Å². The molecule has 4 rings (SSSR count). The van der Waals surface area contributed by atoms with Gasteiger partial charge in [0.15, 0.2) is 0 Å². The maximum absolute atomic E-state index is 12.6. The van der Waals surface area contributed by atoms with Crippen LogP contribution in [0.15, 0.2) is 36.4 Å². The number of rotatable bonds is 5. The Balaban J connectivity index is 1.39. The first kappa shape index (κ1) is 17.0. The zero-order chi connectivity index (χ0) is 18.4. The van der Waals surface area contributed by atoms with Crippen molar-refractivity contribution in [1.82, 2.24) is 10.2 Å². The summed E-state index contributed by atoms with van der Waals surface area (Å²) in [6, 6.07) is 7.94. The number of carbonyl (C=O) groups excluding carboxylic acids is 3. The standard InChI is InChI=1S/C21H24N2O3/c1-3-13-4-6-14(7-5-13)12(2)22-17(24)11-23-20(25)18-15-8-9-16(10-15)19(18)21(23)26/h4-9,12,15-16,18-19H,3,10-11H2,1-2H3,(H,22,24). The summed E-state index contributed by atoms with van der Waals surface area (Å²) in [6.07, 6.45) is 5.99. The molecule has 1 saturated carbocycles. The van der Waals surface area contributed by atoms with Gasteiger partial charge in [0, 0.05) is 0 Å². The van der Waals surface area contributed by atoms with E-state index in [1.165, 1.54) is 10.5 Å². The quantitative estimate of drug-likeness (QED) is 0.653. The molecule has 3 amide bonds. The molecular weight excluding hydrogens is 328 g/mol. The smallest absolute Gasteiger partial charge is 0.240 e. The fourth-order valence-corrected chi connectivity index (χ4v) is 4.68. The first-order valence-electron chi connectivity index (χ1n) is 9.41. The Morgan fingerprint density at radius 1 is 1.12 bits per heavy atom. The average Bonchev–Trinajstić information content (AvgIpc) is 3.32. The molecule has 5 unspecified atom stereocenters. The van der Waals surface area contributed by atoms with Crippen LogP contribution in [0.25, 0.3) is 0 Å². The van der Waals surface area contributed by atoms with Gasteiger partial charge in [0.25, 0.3) is 0 Å². The van der Waals surface area contributed by atoms with Gasteiger partial charge in [-0.15, -0.1) is 0 Å². The number of likely N-dealkylation sites (tertiary alicyclic amines) is 1. The Kier molecular flexibility index (Phi) is 4.17. The van der Waals surface area contributed by atoms with Crippen LogP contribution in [0.3, 0.4) is 0 Å². The minimum absolute atomic E-state index is 0.168. The zero-order valence-corrected chi connectivity index (χ0v) is 15.1. The van der Waals surface area contributed by atoms with E-state index in [9.17, 15) is 14.4 Å². The molecule has 1 aliphatic heterocycles. The minimum Gasteiger partial charge on any atom is -0.348 e. The largest absolute Gasteiger partial charge is 0.348 e. The summed E-state index contributed by atoms with van der Waals surface area (Å²) < 4.78 is 0. The molecule has 5 heteroatoms. The second-order valence-corrected chi connectivity index (χ2v) is 7.65. The lowest BCUT2D eigenvalue weighted by molar-refractivity contribution is -0.144. The molecule has 1 aromatic rings. The number of benzene rings is 1. The number of fused-ring (bicyclic) bond motifs is 5. The lowest BCUT2D eigenvalue weighted by atomic mass is 9.85. The number of allylic oxidation sites excluding steroid dienone is 2. The summed E-state index contributed by atoms with van der Waals surface area (Å²) >= 11 is 0. The highest BCUT2D eigenvalue weighted by Gasteiger charge is 2.59. The number of nitrogens with zero attached hydrogens (tertiary/aromatic N) is 1. The molecule has 3 aliphatic rings. The van der Waals surface area contributed by atoms with Crippen LogP contribution in [-0.4, -0.2) is 29.2 Å².